The van der Waals surface area contributed by atoms with E-state index in [0.717, 1.165) is 54.5 Å². The van der Waals surface area contributed by atoms with Crippen LogP contribution in [0, 0.1) is 6.92 Å². The van der Waals surface area contributed by atoms with Gasteiger partial charge in [0.1, 0.15) is 5.82 Å². The number of benzene rings is 1. The van der Waals surface area contributed by atoms with Gasteiger partial charge in [-0.1, -0.05) is 30.3 Å². The molecule has 0 unspecified atom stereocenters. The Bertz CT molecular complexity index is 947. The minimum atomic E-state index is 0.264. The third-order valence-corrected chi connectivity index (χ3v) is 5.24. The summed E-state index contributed by atoms with van der Waals surface area (Å²) >= 11 is 0. The first-order valence-electron chi connectivity index (χ1n) is 9.86. The number of anilines is 1. The molecule has 6 heteroatoms. The summed E-state index contributed by atoms with van der Waals surface area (Å²) in [6.45, 7) is 3.93. The van der Waals surface area contributed by atoms with Crippen LogP contribution >= 0.6 is 0 Å². The molecule has 3 heterocycles. The van der Waals surface area contributed by atoms with Gasteiger partial charge in [-0.05, 0) is 39.9 Å². The van der Waals surface area contributed by atoms with Gasteiger partial charge < -0.3 is 9.80 Å². The van der Waals surface area contributed by atoms with Gasteiger partial charge in [0.2, 0.25) is 0 Å². The molecule has 4 rings (SSSR count). The highest BCUT2D eigenvalue weighted by atomic mass is 15.3. The van der Waals surface area contributed by atoms with Gasteiger partial charge in [-0.2, -0.15) is 5.10 Å². The van der Waals surface area contributed by atoms with Gasteiger partial charge in [0, 0.05) is 37.5 Å². The molecule has 6 nitrogen and oxygen atoms in total. The molecular formula is C22H28N6. The van der Waals surface area contributed by atoms with E-state index < -0.39 is 0 Å². The molecule has 146 valence electrons. The molecular weight excluding hydrogens is 348 g/mol. The lowest BCUT2D eigenvalue weighted by atomic mass is 10.1. The van der Waals surface area contributed by atoms with E-state index in [-0.39, 0.29) is 6.04 Å². The molecule has 1 aliphatic rings. The van der Waals surface area contributed by atoms with Crippen molar-refractivity contribution >= 4 is 5.82 Å². The van der Waals surface area contributed by atoms with Crippen molar-refractivity contribution in [2.75, 3.05) is 25.5 Å². The molecule has 0 aliphatic carbocycles. The van der Waals surface area contributed by atoms with Crippen molar-refractivity contribution in [2.45, 2.75) is 32.4 Å². The third kappa shape index (κ3) is 3.78. The summed E-state index contributed by atoms with van der Waals surface area (Å²) in [6, 6.07) is 14.8. The van der Waals surface area contributed by atoms with Gasteiger partial charge in [-0.3, -0.25) is 4.68 Å². The summed E-state index contributed by atoms with van der Waals surface area (Å²) in [6.07, 6.45) is 2.25. The second-order valence-electron chi connectivity index (χ2n) is 7.83. The van der Waals surface area contributed by atoms with E-state index in [0.29, 0.717) is 0 Å². The zero-order chi connectivity index (χ0) is 19.7. The van der Waals surface area contributed by atoms with Crippen LogP contribution in [0.4, 0.5) is 5.82 Å². The van der Waals surface area contributed by atoms with Crippen LogP contribution in [0.15, 0.2) is 42.5 Å². The molecule has 0 amide bonds. The van der Waals surface area contributed by atoms with Crippen molar-refractivity contribution in [3.63, 3.8) is 0 Å². The van der Waals surface area contributed by atoms with E-state index in [1.54, 1.807) is 0 Å². The topological polar surface area (TPSA) is 50.1 Å². The maximum absolute atomic E-state index is 4.91. The molecule has 1 fully saturated rings. The Morgan fingerprint density at radius 2 is 1.89 bits per heavy atom. The fourth-order valence-electron chi connectivity index (χ4n) is 3.93. The SMILES string of the molecule is Cc1cc(N2CCC[C@H]2c2cc(CN(C)C)n(C)n2)nc(-c2ccccc2)n1. The molecule has 0 radical (unpaired) electrons. The quantitative estimate of drug-likeness (QED) is 0.681. The Balaban J connectivity index is 1.66. The average Bonchev–Trinajstić information content (AvgIpc) is 3.29. The molecule has 1 saturated heterocycles. The normalized spacial score (nSPS) is 16.9. The standard InChI is InChI=1S/C22H28N6/c1-16-13-21(24-22(23-16)17-9-6-5-7-10-17)28-12-8-11-20(28)19-14-18(15-26(2)3)27(4)25-19/h5-7,9-10,13-14,20H,8,11-12,15H2,1-4H3/t20-/m0/s1. The first-order valence-corrected chi connectivity index (χ1v) is 9.86. The van der Waals surface area contributed by atoms with E-state index in [1.807, 2.05) is 36.9 Å². The van der Waals surface area contributed by atoms with Gasteiger partial charge >= 0.3 is 0 Å². The molecule has 1 aromatic carbocycles. The smallest absolute Gasteiger partial charge is 0.161 e. The molecule has 3 aromatic rings. The van der Waals surface area contributed by atoms with Crippen LogP contribution in [-0.4, -0.2) is 45.3 Å². The van der Waals surface area contributed by atoms with Crippen molar-refractivity contribution in [3.05, 3.63) is 59.5 Å². The van der Waals surface area contributed by atoms with E-state index in [9.17, 15) is 0 Å². The predicted molar refractivity (Wildman–Crippen MR) is 112 cm³/mol. The van der Waals surface area contributed by atoms with E-state index >= 15 is 0 Å². The molecule has 2 aromatic heterocycles. The van der Waals surface area contributed by atoms with Crippen LogP contribution in [0.1, 0.15) is 36.0 Å². The van der Waals surface area contributed by atoms with E-state index in [4.69, 9.17) is 10.1 Å². The molecule has 0 bridgehead atoms. The second kappa shape index (κ2) is 7.72. The van der Waals surface area contributed by atoms with E-state index in [1.165, 1.54) is 5.69 Å². The number of aryl methyl sites for hydroxylation is 2. The zero-order valence-electron chi connectivity index (χ0n) is 17.1. The summed E-state index contributed by atoms with van der Waals surface area (Å²) in [5, 5.41) is 4.83. The summed E-state index contributed by atoms with van der Waals surface area (Å²) < 4.78 is 2.01. The maximum atomic E-state index is 4.91. The molecule has 28 heavy (non-hydrogen) atoms. The van der Waals surface area contributed by atoms with Gasteiger partial charge in [-0.25, -0.2) is 9.97 Å². The van der Waals surface area contributed by atoms with Gasteiger partial charge in [0.15, 0.2) is 5.82 Å². The second-order valence-corrected chi connectivity index (χ2v) is 7.83. The van der Waals surface area contributed by atoms with Crippen molar-refractivity contribution < 1.29 is 0 Å². The van der Waals surface area contributed by atoms with Crippen LogP contribution in [-0.2, 0) is 13.6 Å². The zero-order valence-corrected chi connectivity index (χ0v) is 17.1. The lowest BCUT2D eigenvalue weighted by molar-refractivity contribution is 0.387. The average molecular weight is 377 g/mol. The fourth-order valence-corrected chi connectivity index (χ4v) is 3.93. The van der Waals surface area contributed by atoms with Crippen molar-refractivity contribution in [1.29, 1.82) is 0 Å². The number of hydrogen-bond acceptors (Lipinski definition) is 5. The minimum absolute atomic E-state index is 0.264. The van der Waals surface area contributed by atoms with Gasteiger partial charge in [-0.15, -0.1) is 0 Å². The Morgan fingerprint density at radius 1 is 1.11 bits per heavy atom. The highest BCUT2D eigenvalue weighted by Gasteiger charge is 2.30. The van der Waals surface area contributed by atoms with Crippen LogP contribution in [0.3, 0.4) is 0 Å². The molecule has 1 aliphatic heterocycles. The molecule has 1 atom stereocenters. The largest absolute Gasteiger partial charge is 0.348 e. The summed E-state index contributed by atoms with van der Waals surface area (Å²) in [5.41, 5.74) is 4.41. The third-order valence-electron chi connectivity index (χ3n) is 5.24. The monoisotopic (exact) mass is 376 g/mol. The van der Waals surface area contributed by atoms with Crippen LogP contribution in [0.25, 0.3) is 11.4 Å². The number of rotatable bonds is 5. The summed E-state index contributed by atoms with van der Waals surface area (Å²) in [7, 11) is 6.20. The predicted octanol–water partition coefficient (Wildman–Crippen LogP) is 3.59. The Morgan fingerprint density at radius 3 is 2.64 bits per heavy atom. The molecule has 0 N–H and O–H groups in total. The van der Waals surface area contributed by atoms with E-state index in [2.05, 4.69) is 53.1 Å². The fraction of sp³-hybridized carbons (Fsp3) is 0.409. The van der Waals surface area contributed by atoms with Crippen molar-refractivity contribution in [1.82, 2.24) is 24.6 Å². The van der Waals surface area contributed by atoms with Crippen LogP contribution < -0.4 is 4.90 Å². The minimum Gasteiger partial charge on any atom is -0.348 e. The summed E-state index contributed by atoms with van der Waals surface area (Å²) in [4.78, 5) is 14.1. The summed E-state index contributed by atoms with van der Waals surface area (Å²) in [5.74, 6) is 1.78. The Labute approximate surface area is 166 Å². The Kier molecular flexibility index (Phi) is 5.13. The number of hydrogen-bond donors (Lipinski definition) is 0. The highest BCUT2D eigenvalue weighted by Crippen LogP contribution is 2.35. The first kappa shape index (κ1) is 18.6. The number of nitrogens with zero attached hydrogens (tertiary/aromatic N) is 6. The Hall–Kier alpha value is -2.73. The van der Waals surface area contributed by atoms with Crippen LogP contribution in [0.5, 0.6) is 0 Å². The number of aromatic nitrogens is 4. The maximum Gasteiger partial charge on any atom is 0.161 e. The van der Waals surface area contributed by atoms with Gasteiger partial charge in [0.05, 0.1) is 17.4 Å². The van der Waals surface area contributed by atoms with Crippen molar-refractivity contribution in [2.24, 2.45) is 7.05 Å². The first-order chi connectivity index (χ1) is 13.5. The molecule has 0 spiro atoms. The van der Waals surface area contributed by atoms with Crippen molar-refractivity contribution in [3.8, 4) is 11.4 Å². The lowest BCUT2D eigenvalue weighted by Crippen LogP contribution is -2.24. The molecule has 0 saturated carbocycles. The lowest BCUT2D eigenvalue weighted by Gasteiger charge is -2.25. The van der Waals surface area contributed by atoms with Gasteiger partial charge in [0.25, 0.3) is 0 Å². The highest BCUT2D eigenvalue weighted by molar-refractivity contribution is 5.58. The van der Waals surface area contributed by atoms with Crippen LogP contribution in [0.2, 0.25) is 0 Å².